The molecule has 0 spiro atoms. The summed E-state index contributed by atoms with van der Waals surface area (Å²) < 4.78 is 0. The van der Waals surface area contributed by atoms with Crippen molar-refractivity contribution in [3.63, 3.8) is 0 Å². The lowest BCUT2D eigenvalue weighted by molar-refractivity contribution is 1.07. The van der Waals surface area contributed by atoms with E-state index in [0.717, 1.165) is 16.7 Å². The lowest BCUT2D eigenvalue weighted by Gasteiger charge is -2.18. The van der Waals surface area contributed by atoms with Crippen molar-refractivity contribution < 1.29 is 0 Å². The minimum absolute atomic E-state index is 0.635. The standard InChI is InChI=1S/C29H22ClN3Si/c1-34(2)25-11-7-6-10-23(25)24-18-21(14-17-26(24)34)29-32-27(19-8-4-3-5-9-19)31-28(33-29)20-12-15-22(30)16-13-20/h3-18H,1-2H3. The summed E-state index contributed by atoms with van der Waals surface area (Å²) in [7, 11) is -1.70. The summed E-state index contributed by atoms with van der Waals surface area (Å²) in [4.78, 5) is 14.6. The molecule has 0 bridgehead atoms. The van der Waals surface area contributed by atoms with Crippen molar-refractivity contribution in [2.75, 3.05) is 0 Å². The molecule has 0 N–H and O–H groups in total. The van der Waals surface area contributed by atoms with Gasteiger partial charge in [-0.1, -0.05) is 91.4 Å². The molecule has 1 aliphatic rings. The van der Waals surface area contributed by atoms with E-state index in [9.17, 15) is 0 Å². The van der Waals surface area contributed by atoms with E-state index in [-0.39, 0.29) is 0 Å². The van der Waals surface area contributed by atoms with E-state index in [1.165, 1.54) is 21.5 Å². The van der Waals surface area contributed by atoms with Gasteiger partial charge in [-0.25, -0.2) is 15.0 Å². The molecule has 0 atom stereocenters. The first-order valence-corrected chi connectivity index (χ1v) is 14.7. The number of benzene rings is 4. The monoisotopic (exact) mass is 475 g/mol. The number of halogens is 1. The van der Waals surface area contributed by atoms with E-state index in [4.69, 9.17) is 26.6 Å². The fourth-order valence-corrected chi connectivity index (χ4v) is 8.01. The largest absolute Gasteiger partial charge is 0.208 e. The molecule has 5 heteroatoms. The molecule has 6 rings (SSSR count). The lowest BCUT2D eigenvalue weighted by Crippen LogP contribution is -2.49. The zero-order valence-electron chi connectivity index (χ0n) is 19.0. The van der Waals surface area contributed by atoms with Crippen molar-refractivity contribution in [1.82, 2.24) is 15.0 Å². The number of fused-ring (bicyclic) bond motifs is 3. The van der Waals surface area contributed by atoms with Crippen LogP contribution in [0.5, 0.6) is 0 Å². The third-order valence-corrected chi connectivity index (χ3v) is 10.4. The SMILES string of the molecule is C[Si]1(C)c2ccccc2-c2cc(-c3nc(-c4ccccc4)nc(-c4ccc(Cl)cc4)n3)ccc21. The lowest BCUT2D eigenvalue weighted by atomic mass is 10.0. The zero-order valence-corrected chi connectivity index (χ0v) is 20.7. The molecular weight excluding hydrogens is 454 g/mol. The van der Waals surface area contributed by atoms with Crippen LogP contribution in [0.1, 0.15) is 0 Å². The summed E-state index contributed by atoms with van der Waals surface area (Å²) in [6.07, 6.45) is 0. The van der Waals surface area contributed by atoms with Crippen molar-refractivity contribution >= 4 is 30.0 Å². The predicted molar refractivity (Wildman–Crippen MR) is 143 cm³/mol. The highest BCUT2D eigenvalue weighted by Crippen LogP contribution is 2.32. The number of aromatic nitrogens is 3. The van der Waals surface area contributed by atoms with Gasteiger partial charge in [-0.05, 0) is 51.8 Å². The second kappa shape index (κ2) is 8.01. The van der Waals surface area contributed by atoms with E-state index in [1.54, 1.807) is 0 Å². The van der Waals surface area contributed by atoms with Crippen LogP contribution in [0.3, 0.4) is 0 Å². The fraction of sp³-hybridized carbons (Fsp3) is 0.0690. The summed E-state index contributed by atoms with van der Waals surface area (Å²) in [6.45, 7) is 4.85. The van der Waals surface area contributed by atoms with Crippen molar-refractivity contribution in [3.05, 3.63) is 102 Å². The third kappa shape index (κ3) is 3.47. The van der Waals surface area contributed by atoms with Crippen molar-refractivity contribution in [2.45, 2.75) is 13.1 Å². The Morgan fingerprint density at radius 3 is 1.76 bits per heavy atom. The van der Waals surface area contributed by atoms with Crippen LogP contribution >= 0.6 is 11.6 Å². The van der Waals surface area contributed by atoms with E-state index < -0.39 is 8.07 Å². The van der Waals surface area contributed by atoms with Gasteiger partial charge in [-0.15, -0.1) is 0 Å². The Morgan fingerprint density at radius 2 is 1.06 bits per heavy atom. The molecule has 1 aliphatic heterocycles. The molecule has 1 aromatic heterocycles. The molecule has 2 heterocycles. The summed E-state index contributed by atoms with van der Waals surface area (Å²) >= 11 is 6.12. The Morgan fingerprint density at radius 1 is 0.529 bits per heavy atom. The Hall–Kier alpha value is -3.60. The molecule has 0 radical (unpaired) electrons. The van der Waals surface area contributed by atoms with Gasteiger partial charge < -0.3 is 0 Å². The van der Waals surface area contributed by atoms with Crippen molar-refractivity contribution in [3.8, 4) is 45.3 Å². The molecule has 5 aromatic rings. The van der Waals surface area contributed by atoms with Crippen LogP contribution in [0.15, 0.2) is 97.1 Å². The number of hydrogen-bond acceptors (Lipinski definition) is 3. The average Bonchev–Trinajstić information content (AvgIpc) is 3.11. The van der Waals surface area contributed by atoms with Crippen LogP contribution in [0.25, 0.3) is 45.3 Å². The summed E-state index contributed by atoms with van der Waals surface area (Å²) in [5.41, 5.74) is 5.51. The highest BCUT2D eigenvalue weighted by Gasteiger charge is 2.37. The van der Waals surface area contributed by atoms with Crippen LogP contribution in [0.4, 0.5) is 0 Å². The molecule has 0 fully saturated rings. The Balaban J connectivity index is 1.55. The van der Waals surface area contributed by atoms with E-state index in [1.807, 2.05) is 54.6 Å². The van der Waals surface area contributed by atoms with Gasteiger partial charge in [0.15, 0.2) is 17.5 Å². The van der Waals surface area contributed by atoms with Gasteiger partial charge in [0.2, 0.25) is 0 Å². The minimum atomic E-state index is -1.70. The van der Waals surface area contributed by atoms with Crippen LogP contribution in [-0.2, 0) is 0 Å². The second-order valence-electron chi connectivity index (χ2n) is 9.11. The first kappa shape index (κ1) is 21.0. The van der Waals surface area contributed by atoms with E-state index in [0.29, 0.717) is 22.5 Å². The minimum Gasteiger partial charge on any atom is -0.208 e. The molecule has 34 heavy (non-hydrogen) atoms. The molecule has 0 saturated carbocycles. The molecule has 0 saturated heterocycles. The Bertz CT molecular complexity index is 1530. The maximum absolute atomic E-state index is 6.12. The molecule has 4 aromatic carbocycles. The maximum Gasteiger partial charge on any atom is 0.164 e. The van der Waals surface area contributed by atoms with Gasteiger partial charge in [-0.2, -0.15) is 0 Å². The van der Waals surface area contributed by atoms with Gasteiger partial charge in [0.05, 0.1) is 0 Å². The number of hydrogen-bond donors (Lipinski definition) is 0. The van der Waals surface area contributed by atoms with Crippen molar-refractivity contribution in [1.29, 1.82) is 0 Å². The van der Waals surface area contributed by atoms with Gasteiger partial charge in [0, 0.05) is 21.7 Å². The molecule has 0 amide bonds. The number of rotatable bonds is 3. The normalized spacial score (nSPS) is 13.4. The van der Waals surface area contributed by atoms with E-state index >= 15 is 0 Å². The van der Waals surface area contributed by atoms with Gasteiger partial charge in [0.25, 0.3) is 0 Å². The number of nitrogens with zero attached hydrogens (tertiary/aromatic N) is 3. The van der Waals surface area contributed by atoms with Gasteiger partial charge in [0.1, 0.15) is 8.07 Å². The van der Waals surface area contributed by atoms with Crippen LogP contribution in [0, 0.1) is 0 Å². The quantitative estimate of drug-likeness (QED) is 0.286. The smallest absolute Gasteiger partial charge is 0.164 e. The fourth-order valence-electron chi connectivity index (χ4n) is 4.81. The average molecular weight is 476 g/mol. The topological polar surface area (TPSA) is 38.7 Å². The summed E-state index contributed by atoms with van der Waals surface area (Å²) in [5, 5.41) is 3.64. The highest BCUT2D eigenvalue weighted by molar-refractivity contribution is 7.03. The zero-order chi connectivity index (χ0) is 23.3. The van der Waals surface area contributed by atoms with Crippen LogP contribution in [0.2, 0.25) is 18.1 Å². The first-order chi connectivity index (χ1) is 16.5. The highest BCUT2D eigenvalue weighted by atomic mass is 35.5. The third-order valence-electron chi connectivity index (χ3n) is 6.61. The molecule has 0 unspecified atom stereocenters. The predicted octanol–water partition coefficient (Wildman–Crippen LogP) is 6.33. The van der Waals surface area contributed by atoms with Crippen LogP contribution in [-0.4, -0.2) is 23.0 Å². The van der Waals surface area contributed by atoms with Gasteiger partial charge >= 0.3 is 0 Å². The maximum atomic E-state index is 6.12. The van der Waals surface area contributed by atoms with E-state index in [2.05, 4.69) is 55.6 Å². The second-order valence-corrected chi connectivity index (χ2v) is 13.9. The summed E-state index contributed by atoms with van der Waals surface area (Å²) in [6, 6.07) is 33.2. The molecule has 3 nitrogen and oxygen atoms in total. The van der Waals surface area contributed by atoms with Gasteiger partial charge in [-0.3, -0.25) is 0 Å². The molecular formula is C29H22ClN3Si. The molecule has 164 valence electrons. The Labute approximate surface area is 205 Å². The Kier molecular flexibility index (Phi) is 4.94. The van der Waals surface area contributed by atoms with Crippen LogP contribution < -0.4 is 10.4 Å². The van der Waals surface area contributed by atoms with Crippen molar-refractivity contribution in [2.24, 2.45) is 0 Å². The molecule has 0 aliphatic carbocycles. The first-order valence-electron chi connectivity index (χ1n) is 11.3. The summed E-state index contributed by atoms with van der Waals surface area (Å²) in [5.74, 6) is 1.97.